The second-order valence-corrected chi connectivity index (χ2v) is 8.32. The van der Waals surface area contributed by atoms with Crippen LogP contribution in [0.3, 0.4) is 0 Å². The van der Waals surface area contributed by atoms with Crippen molar-refractivity contribution in [3.05, 3.63) is 64.7 Å². The van der Waals surface area contributed by atoms with Gasteiger partial charge in [-0.1, -0.05) is 23.7 Å². The van der Waals surface area contributed by atoms with Crippen LogP contribution in [0.4, 0.5) is 0 Å². The van der Waals surface area contributed by atoms with Crippen LogP contribution in [-0.2, 0) is 16.6 Å². The predicted octanol–water partition coefficient (Wildman–Crippen LogP) is 2.72. The van der Waals surface area contributed by atoms with Crippen molar-refractivity contribution >= 4 is 21.6 Å². The van der Waals surface area contributed by atoms with Crippen LogP contribution in [0.25, 0.3) is 0 Å². The molecular weight excluding hydrogens is 358 g/mol. The van der Waals surface area contributed by atoms with Crippen LogP contribution in [0, 0.1) is 11.3 Å². The highest BCUT2D eigenvalue weighted by molar-refractivity contribution is 7.89. The molecule has 0 amide bonds. The van der Waals surface area contributed by atoms with Gasteiger partial charge in [0.1, 0.15) is 0 Å². The molecule has 1 fully saturated rings. The second-order valence-electron chi connectivity index (χ2n) is 5.94. The summed E-state index contributed by atoms with van der Waals surface area (Å²) in [5.41, 5.74) is 1.76. The summed E-state index contributed by atoms with van der Waals surface area (Å²) in [5.74, 6) is 0. The van der Waals surface area contributed by atoms with Crippen LogP contribution >= 0.6 is 11.6 Å². The van der Waals surface area contributed by atoms with Crippen molar-refractivity contribution in [2.45, 2.75) is 11.4 Å². The van der Waals surface area contributed by atoms with Crippen molar-refractivity contribution in [3.8, 4) is 6.07 Å². The number of nitriles is 1. The third-order valence-electron chi connectivity index (χ3n) is 4.27. The van der Waals surface area contributed by atoms with E-state index in [4.69, 9.17) is 16.9 Å². The average Bonchev–Trinajstić information content (AvgIpc) is 2.63. The van der Waals surface area contributed by atoms with Crippen molar-refractivity contribution < 1.29 is 8.42 Å². The highest BCUT2D eigenvalue weighted by Crippen LogP contribution is 2.20. The fourth-order valence-corrected chi connectivity index (χ4v) is 4.37. The molecule has 1 aliphatic rings. The van der Waals surface area contributed by atoms with Gasteiger partial charge < -0.3 is 0 Å². The van der Waals surface area contributed by atoms with Crippen molar-refractivity contribution in [3.63, 3.8) is 0 Å². The van der Waals surface area contributed by atoms with E-state index in [1.54, 1.807) is 36.4 Å². The van der Waals surface area contributed by atoms with Crippen LogP contribution in [-0.4, -0.2) is 43.8 Å². The number of piperazine rings is 1. The van der Waals surface area contributed by atoms with E-state index in [0.717, 1.165) is 12.1 Å². The molecule has 0 atom stereocenters. The molecule has 0 bridgehead atoms. The van der Waals surface area contributed by atoms with E-state index in [1.807, 2.05) is 12.1 Å². The van der Waals surface area contributed by atoms with Gasteiger partial charge in [0.2, 0.25) is 10.0 Å². The third-order valence-corrected chi connectivity index (χ3v) is 6.44. The molecule has 7 heteroatoms. The van der Waals surface area contributed by atoms with Crippen LogP contribution in [0.1, 0.15) is 11.1 Å². The molecule has 0 aliphatic carbocycles. The first-order chi connectivity index (χ1) is 12.0. The van der Waals surface area contributed by atoms with E-state index in [2.05, 4.69) is 11.0 Å². The highest BCUT2D eigenvalue weighted by atomic mass is 35.5. The molecule has 0 N–H and O–H groups in total. The van der Waals surface area contributed by atoms with Gasteiger partial charge in [-0.25, -0.2) is 8.42 Å². The fourth-order valence-electron chi connectivity index (χ4n) is 2.83. The van der Waals surface area contributed by atoms with Crippen LogP contribution in [0.2, 0.25) is 5.02 Å². The lowest BCUT2D eigenvalue weighted by molar-refractivity contribution is 0.181. The Balaban J connectivity index is 1.61. The summed E-state index contributed by atoms with van der Waals surface area (Å²) in [5, 5.41) is 9.35. The Labute approximate surface area is 153 Å². The van der Waals surface area contributed by atoms with Crippen molar-refractivity contribution in [2.75, 3.05) is 26.2 Å². The molecule has 2 aromatic rings. The van der Waals surface area contributed by atoms with E-state index in [0.29, 0.717) is 36.8 Å². The maximum absolute atomic E-state index is 12.7. The Bertz CT molecular complexity index is 866. The van der Waals surface area contributed by atoms with E-state index in [1.165, 1.54) is 4.31 Å². The van der Waals surface area contributed by atoms with E-state index in [-0.39, 0.29) is 4.90 Å². The molecule has 2 aromatic carbocycles. The lowest BCUT2D eigenvalue weighted by atomic mass is 10.1. The Morgan fingerprint density at radius 1 is 0.960 bits per heavy atom. The van der Waals surface area contributed by atoms with Gasteiger partial charge in [-0.2, -0.15) is 9.57 Å². The van der Waals surface area contributed by atoms with Crippen molar-refractivity contribution in [2.24, 2.45) is 0 Å². The third kappa shape index (κ3) is 4.20. The predicted molar refractivity (Wildman–Crippen MR) is 96.6 cm³/mol. The monoisotopic (exact) mass is 375 g/mol. The first kappa shape index (κ1) is 17.9. The molecule has 0 saturated carbocycles. The van der Waals surface area contributed by atoms with Gasteiger partial charge in [0.15, 0.2) is 0 Å². The standard InChI is InChI=1S/C18H18ClN3O2S/c19-17-5-7-18(8-6-17)25(23,24)22-11-9-21(10-12-22)14-16-3-1-15(13-20)2-4-16/h1-8H,9-12,14H2. The number of sulfonamides is 1. The van der Waals surface area contributed by atoms with Gasteiger partial charge in [0, 0.05) is 37.7 Å². The van der Waals surface area contributed by atoms with Gasteiger partial charge >= 0.3 is 0 Å². The molecule has 0 radical (unpaired) electrons. The summed E-state index contributed by atoms with van der Waals surface area (Å²) in [4.78, 5) is 2.49. The smallest absolute Gasteiger partial charge is 0.243 e. The lowest BCUT2D eigenvalue weighted by Crippen LogP contribution is -2.48. The van der Waals surface area contributed by atoms with E-state index < -0.39 is 10.0 Å². The number of nitrogens with zero attached hydrogens (tertiary/aromatic N) is 3. The largest absolute Gasteiger partial charge is 0.296 e. The van der Waals surface area contributed by atoms with Crippen molar-refractivity contribution in [1.29, 1.82) is 5.26 Å². The molecule has 130 valence electrons. The summed E-state index contributed by atoms with van der Waals surface area (Å²) in [6.45, 7) is 3.02. The molecule has 0 spiro atoms. The Morgan fingerprint density at radius 3 is 2.12 bits per heavy atom. The maximum atomic E-state index is 12.7. The Kier molecular flexibility index (Phi) is 5.40. The minimum Gasteiger partial charge on any atom is -0.296 e. The van der Waals surface area contributed by atoms with Gasteiger partial charge in [-0.3, -0.25) is 4.90 Å². The van der Waals surface area contributed by atoms with Gasteiger partial charge in [0.05, 0.1) is 16.5 Å². The lowest BCUT2D eigenvalue weighted by Gasteiger charge is -2.34. The minimum absolute atomic E-state index is 0.275. The quantitative estimate of drug-likeness (QED) is 0.824. The van der Waals surface area contributed by atoms with E-state index >= 15 is 0 Å². The summed E-state index contributed by atoms with van der Waals surface area (Å²) in [7, 11) is -3.47. The highest BCUT2D eigenvalue weighted by Gasteiger charge is 2.28. The van der Waals surface area contributed by atoms with Crippen molar-refractivity contribution in [1.82, 2.24) is 9.21 Å². The topological polar surface area (TPSA) is 64.4 Å². The fraction of sp³-hybridized carbons (Fsp3) is 0.278. The molecular formula is C18H18ClN3O2S. The maximum Gasteiger partial charge on any atom is 0.243 e. The first-order valence-electron chi connectivity index (χ1n) is 7.96. The average molecular weight is 376 g/mol. The molecule has 0 unspecified atom stereocenters. The molecule has 0 aromatic heterocycles. The first-order valence-corrected chi connectivity index (χ1v) is 9.78. The summed E-state index contributed by atoms with van der Waals surface area (Å²) in [6.07, 6.45) is 0. The zero-order valence-corrected chi connectivity index (χ0v) is 15.2. The zero-order chi connectivity index (χ0) is 17.9. The van der Waals surface area contributed by atoms with E-state index in [9.17, 15) is 8.42 Å². The normalized spacial score (nSPS) is 16.5. The molecule has 1 heterocycles. The molecule has 25 heavy (non-hydrogen) atoms. The minimum atomic E-state index is -3.47. The zero-order valence-electron chi connectivity index (χ0n) is 13.6. The summed E-state index contributed by atoms with van der Waals surface area (Å²) < 4.78 is 26.9. The number of rotatable bonds is 4. The number of hydrogen-bond donors (Lipinski definition) is 0. The van der Waals surface area contributed by atoms with Gasteiger partial charge in [0.25, 0.3) is 0 Å². The summed E-state index contributed by atoms with van der Waals surface area (Å²) >= 11 is 5.83. The SMILES string of the molecule is N#Cc1ccc(CN2CCN(S(=O)(=O)c3ccc(Cl)cc3)CC2)cc1. The Hall–Kier alpha value is -1.91. The van der Waals surface area contributed by atoms with Gasteiger partial charge in [-0.15, -0.1) is 0 Å². The van der Waals surface area contributed by atoms with Gasteiger partial charge in [-0.05, 0) is 42.0 Å². The molecule has 5 nitrogen and oxygen atoms in total. The molecule has 1 saturated heterocycles. The second kappa shape index (κ2) is 7.54. The molecule has 1 aliphatic heterocycles. The van der Waals surface area contributed by atoms with Crippen LogP contribution < -0.4 is 0 Å². The Morgan fingerprint density at radius 2 is 1.56 bits per heavy atom. The summed E-state index contributed by atoms with van der Waals surface area (Å²) in [6, 6.07) is 15.9. The molecule has 3 rings (SSSR count). The van der Waals surface area contributed by atoms with Crippen LogP contribution in [0.5, 0.6) is 0 Å². The number of benzene rings is 2. The number of halogens is 1. The van der Waals surface area contributed by atoms with Crippen LogP contribution in [0.15, 0.2) is 53.4 Å². The number of hydrogen-bond acceptors (Lipinski definition) is 4.